The van der Waals surface area contributed by atoms with Crippen LogP contribution in [-0.2, 0) is 4.79 Å². The van der Waals surface area contributed by atoms with E-state index in [0.29, 0.717) is 31.8 Å². The Morgan fingerprint density at radius 2 is 1.93 bits per heavy atom. The number of halogens is 2. The predicted octanol–water partition coefficient (Wildman–Crippen LogP) is 3.91. The van der Waals surface area contributed by atoms with Gasteiger partial charge in [0, 0.05) is 57.2 Å². The molecule has 1 amide bonds. The molecule has 5 nitrogen and oxygen atoms in total. The quantitative estimate of drug-likeness (QED) is 0.884. The van der Waals surface area contributed by atoms with Crippen LogP contribution >= 0.6 is 0 Å². The third-order valence-electron chi connectivity index (χ3n) is 6.06. The number of anilines is 1. The Morgan fingerprint density at radius 3 is 2.59 bits per heavy atom. The van der Waals surface area contributed by atoms with Crippen molar-refractivity contribution in [2.24, 2.45) is 5.92 Å². The molecule has 2 aromatic heterocycles. The van der Waals surface area contributed by atoms with Gasteiger partial charge in [0.15, 0.2) is 0 Å². The Morgan fingerprint density at radius 1 is 1.22 bits per heavy atom. The summed E-state index contributed by atoms with van der Waals surface area (Å²) < 4.78 is 28.7. The maximum absolute atomic E-state index is 13.3. The zero-order valence-electron chi connectivity index (χ0n) is 15.6. The van der Waals surface area contributed by atoms with Crippen LogP contribution in [0.15, 0.2) is 24.5 Å². The molecule has 1 saturated carbocycles. The molecular weight excluding hydrogens is 350 g/mol. The smallest absolute Gasteiger partial charge is 0.248 e. The van der Waals surface area contributed by atoms with E-state index in [1.54, 1.807) is 0 Å². The van der Waals surface area contributed by atoms with Gasteiger partial charge in [-0.2, -0.15) is 0 Å². The summed E-state index contributed by atoms with van der Waals surface area (Å²) in [6, 6.07) is 4.02. The molecule has 2 fully saturated rings. The average molecular weight is 376 g/mol. The van der Waals surface area contributed by atoms with Crippen molar-refractivity contribution in [3.05, 3.63) is 30.2 Å². The SMILES string of the molecule is CNc1nc(C2CCN(C(=O)C3CCC(F)(F)CC3)CC2)cn2cccc12. The minimum atomic E-state index is -2.59. The monoisotopic (exact) mass is 376 g/mol. The van der Waals surface area contributed by atoms with E-state index in [1.165, 1.54) is 0 Å². The summed E-state index contributed by atoms with van der Waals surface area (Å²) in [7, 11) is 1.87. The van der Waals surface area contributed by atoms with Crippen LogP contribution in [0.5, 0.6) is 0 Å². The van der Waals surface area contributed by atoms with E-state index in [4.69, 9.17) is 4.98 Å². The molecule has 0 atom stereocenters. The number of rotatable bonds is 3. The lowest BCUT2D eigenvalue weighted by Gasteiger charge is -2.36. The Kier molecular flexibility index (Phi) is 4.78. The molecule has 0 bridgehead atoms. The maximum Gasteiger partial charge on any atom is 0.248 e. The molecule has 1 saturated heterocycles. The Hall–Kier alpha value is -2.18. The second kappa shape index (κ2) is 7.09. The number of nitrogens with zero attached hydrogens (tertiary/aromatic N) is 3. The first-order chi connectivity index (χ1) is 13.0. The van der Waals surface area contributed by atoms with Crippen LogP contribution in [0, 0.1) is 5.92 Å². The van der Waals surface area contributed by atoms with E-state index in [0.717, 1.165) is 29.9 Å². The van der Waals surface area contributed by atoms with Gasteiger partial charge in [-0.1, -0.05) is 0 Å². The summed E-state index contributed by atoms with van der Waals surface area (Å²) in [5, 5.41) is 3.15. The molecule has 146 valence electrons. The molecule has 1 aliphatic heterocycles. The van der Waals surface area contributed by atoms with Crippen LogP contribution in [0.2, 0.25) is 0 Å². The Bertz CT molecular complexity index is 816. The van der Waals surface area contributed by atoms with Crippen LogP contribution in [0.4, 0.5) is 14.6 Å². The fourth-order valence-corrected chi connectivity index (χ4v) is 4.39. The molecule has 1 N–H and O–H groups in total. The van der Waals surface area contributed by atoms with Gasteiger partial charge in [-0.15, -0.1) is 0 Å². The lowest BCUT2D eigenvalue weighted by atomic mass is 9.85. The van der Waals surface area contributed by atoms with Crippen molar-refractivity contribution < 1.29 is 13.6 Å². The summed E-state index contributed by atoms with van der Waals surface area (Å²) >= 11 is 0. The minimum Gasteiger partial charge on any atom is -0.371 e. The molecule has 1 aliphatic carbocycles. The zero-order valence-corrected chi connectivity index (χ0v) is 15.6. The van der Waals surface area contributed by atoms with E-state index >= 15 is 0 Å². The van der Waals surface area contributed by atoms with Crippen LogP contribution in [0.3, 0.4) is 0 Å². The summed E-state index contributed by atoms with van der Waals surface area (Å²) in [5.41, 5.74) is 2.08. The summed E-state index contributed by atoms with van der Waals surface area (Å²) in [6.45, 7) is 1.35. The number of aromatic nitrogens is 2. The van der Waals surface area contributed by atoms with Crippen molar-refractivity contribution in [2.75, 3.05) is 25.5 Å². The number of amides is 1. The number of fused-ring (bicyclic) bond motifs is 1. The van der Waals surface area contributed by atoms with E-state index in [-0.39, 0.29) is 24.7 Å². The van der Waals surface area contributed by atoms with Crippen molar-refractivity contribution in [1.29, 1.82) is 0 Å². The third-order valence-corrected chi connectivity index (χ3v) is 6.06. The number of hydrogen-bond acceptors (Lipinski definition) is 3. The summed E-state index contributed by atoms with van der Waals surface area (Å²) in [4.78, 5) is 19.3. The topological polar surface area (TPSA) is 49.6 Å². The van der Waals surface area contributed by atoms with Gasteiger partial charge >= 0.3 is 0 Å². The minimum absolute atomic E-state index is 0.0636. The molecule has 4 rings (SSSR count). The number of piperidine rings is 1. The number of likely N-dealkylation sites (tertiary alicyclic amines) is 1. The highest BCUT2D eigenvalue weighted by Crippen LogP contribution is 2.37. The predicted molar refractivity (Wildman–Crippen MR) is 100 cm³/mol. The molecule has 7 heteroatoms. The Labute approximate surface area is 157 Å². The number of carbonyl (C=O) groups is 1. The highest BCUT2D eigenvalue weighted by Gasteiger charge is 2.39. The van der Waals surface area contributed by atoms with E-state index in [1.807, 2.05) is 30.3 Å². The van der Waals surface area contributed by atoms with Gasteiger partial charge in [0.2, 0.25) is 11.8 Å². The highest BCUT2D eigenvalue weighted by atomic mass is 19.3. The van der Waals surface area contributed by atoms with Gasteiger partial charge in [0.25, 0.3) is 0 Å². The van der Waals surface area contributed by atoms with Gasteiger partial charge < -0.3 is 14.6 Å². The van der Waals surface area contributed by atoms with Crippen LogP contribution < -0.4 is 5.32 Å². The van der Waals surface area contributed by atoms with E-state index in [9.17, 15) is 13.6 Å². The number of nitrogens with one attached hydrogen (secondary N) is 1. The fraction of sp³-hybridized carbons (Fsp3) is 0.600. The van der Waals surface area contributed by atoms with Crippen LogP contribution in [-0.4, -0.2) is 46.3 Å². The molecule has 0 aromatic carbocycles. The van der Waals surface area contributed by atoms with Crippen molar-refractivity contribution in [3.8, 4) is 0 Å². The van der Waals surface area contributed by atoms with Crippen molar-refractivity contribution >= 4 is 17.2 Å². The van der Waals surface area contributed by atoms with Crippen molar-refractivity contribution in [2.45, 2.75) is 50.4 Å². The summed E-state index contributed by atoms with van der Waals surface area (Å²) in [5.74, 6) is -1.58. The fourth-order valence-electron chi connectivity index (χ4n) is 4.39. The number of alkyl halides is 2. The largest absolute Gasteiger partial charge is 0.371 e. The summed E-state index contributed by atoms with van der Waals surface area (Å²) in [6.07, 6.45) is 6.10. The average Bonchev–Trinajstić information content (AvgIpc) is 3.15. The number of carbonyl (C=O) groups excluding carboxylic acids is 1. The molecule has 3 heterocycles. The van der Waals surface area contributed by atoms with E-state index < -0.39 is 5.92 Å². The normalized spacial score (nSPS) is 21.5. The zero-order chi connectivity index (χ0) is 19.0. The molecule has 27 heavy (non-hydrogen) atoms. The second-order valence-electron chi connectivity index (χ2n) is 7.79. The van der Waals surface area contributed by atoms with Gasteiger partial charge in [-0.05, 0) is 37.8 Å². The first kappa shape index (κ1) is 18.2. The first-order valence-electron chi connectivity index (χ1n) is 9.79. The molecule has 2 aromatic rings. The number of hydrogen-bond donors (Lipinski definition) is 1. The standard InChI is InChI=1S/C20H26F2N4O/c1-23-18-17-3-2-10-26(17)13-16(24-18)14-6-11-25(12-7-14)19(27)15-4-8-20(21,22)9-5-15/h2-3,10,13-15H,4-9,11-12H2,1H3,(H,23,24). The third kappa shape index (κ3) is 3.64. The van der Waals surface area contributed by atoms with Crippen molar-refractivity contribution in [3.63, 3.8) is 0 Å². The molecule has 0 spiro atoms. The highest BCUT2D eigenvalue weighted by molar-refractivity contribution is 5.79. The second-order valence-corrected chi connectivity index (χ2v) is 7.79. The lowest BCUT2D eigenvalue weighted by molar-refractivity contribution is -0.140. The Balaban J connectivity index is 1.40. The van der Waals surface area contributed by atoms with Crippen LogP contribution in [0.25, 0.3) is 5.52 Å². The molecule has 0 radical (unpaired) electrons. The maximum atomic E-state index is 13.3. The lowest BCUT2D eigenvalue weighted by Crippen LogP contribution is -2.43. The van der Waals surface area contributed by atoms with Gasteiger partial charge in [0.1, 0.15) is 5.82 Å². The molecule has 0 unspecified atom stereocenters. The van der Waals surface area contributed by atoms with Crippen LogP contribution in [0.1, 0.15) is 50.1 Å². The van der Waals surface area contributed by atoms with Crippen molar-refractivity contribution in [1.82, 2.24) is 14.3 Å². The molecular formula is C20H26F2N4O. The van der Waals surface area contributed by atoms with Gasteiger partial charge in [0.05, 0.1) is 11.2 Å². The van der Waals surface area contributed by atoms with Gasteiger partial charge in [-0.3, -0.25) is 4.79 Å². The van der Waals surface area contributed by atoms with Gasteiger partial charge in [-0.25, -0.2) is 13.8 Å². The molecule has 2 aliphatic rings. The van der Waals surface area contributed by atoms with E-state index in [2.05, 4.69) is 15.9 Å². The first-order valence-corrected chi connectivity index (χ1v) is 9.79.